The van der Waals surface area contributed by atoms with Crippen molar-refractivity contribution < 1.29 is 9.53 Å². The normalized spacial score (nSPS) is 10.8. The Morgan fingerprint density at radius 3 is 2.44 bits per heavy atom. The molecule has 0 unspecified atom stereocenters. The molecular formula is C24H20Cl2N4O2. The van der Waals surface area contributed by atoms with E-state index in [9.17, 15) is 4.79 Å². The molecule has 6 nitrogen and oxygen atoms in total. The van der Waals surface area contributed by atoms with E-state index in [1.54, 1.807) is 35.0 Å². The highest BCUT2D eigenvalue weighted by atomic mass is 35.5. The molecule has 0 aliphatic heterocycles. The van der Waals surface area contributed by atoms with Gasteiger partial charge in [0.05, 0.1) is 12.3 Å². The molecule has 4 aromatic rings. The smallest absolute Gasteiger partial charge is 0.295 e. The summed E-state index contributed by atoms with van der Waals surface area (Å²) in [5.74, 6) is 0.857. The summed E-state index contributed by atoms with van der Waals surface area (Å²) in [5, 5.41) is 8.51. The molecule has 1 heterocycles. The van der Waals surface area contributed by atoms with E-state index < -0.39 is 5.91 Å². The maximum absolute atomic E-state index is 13.0. The molecule has 0 spiro atoms. The van der Waals surface area contributed by atoms with Gasteiger partial charge in [0, 0.05) is 21.3 Å². The lowest BCUT2D eigenvalue weighted by Gasteiger charge is -2.08. The number of amides is 1. The molecule has 4 rings (SSSR count). The summed E-state index contributed by atoms with van der Waals surface area (Å²) in [5.41, 5.74) is 2.89. The maximum Gasteiger partial charge on any atom is 0.295 e. The van der Waals surface area contributed by atoms with Crippen LogP contribution >= 0.6 is 23.2 Å². The molecule has 1 N–H and O–H groups in total. The molecule has 0 saturated carbocycles. The number of hydrogen-bond acceptors (Lipinski definition) is 4. The molecule has 0 bridgehead atoms. The molecule has 0 fully saturated rings. The van der Waals surface area contributed by atoms with E-state index in [1.165, 1.54) is 0 Å². The molecule has 162 valence electrons. The predicted octanol–water partition coefficient (Wildman–Crippen LogP) is 6.20. The SMILES string of the molecule is CCOc1ccc(-n2nc(C(=O)Nc3cccc(Cl)c3C)nc2-c2ccc(Cl)cc2)cc1. The fourth-order valence-corrected chi connectivity index (χ4v) is 3.45. The van der Waals surface area contributed by atoms with Gasteiger partial charge in [-0.25, -0.2) is 9.67 Å². The van der Waals surface area contributed by atoms with Gasteiger partial charge in [-0.2, -0.15) is 0 Å². The van der Waals surface area contributed by atoms with E-state index in [1.807, 2.05) is 50.2 Å². The van der Waals surface area contributed by atoms with Crippen LogP contribution in [0.1, 0.15) is 23.1 Å². The number of rotatable bonds is 6. The first kappa shape index (κ1) is 21.9. The van der Waals surface area contributed by atoms with Crippen LogP contribution in [-0.4, -0.2) is 27.3 Å². The van der Waals surface area contributed by atoms with Gasteiger partial charge < -0.3 is 10.1 Å². The van der Waals surface area contributed by atoms with Gasteiger partial charge in [0.15, 0.2) is 5.82 Å². The first-order chi connectivity index (χ1) is 15.5. The summed E-state index contributed by atoms with van der Waals surface area (Å²) >= 11 is 12.2. The topological polar surface area (TPSA) is 69.0 Å². The molecule has 0 saturated heterocycles. The second kappa shape index (κ2) is 9.42. The molecule has 0 atom stereocenters. The van der Waals surface area contributed by atoms with E-state index in [4.69, 9.17) is 27.9 Å². The lowest BCUT2D eigenvalue weighted by Crippen LogP contribution is -2.15. The molecule has 0 aliphatic carbocycles. The predicted molar refractivity (Wildman–Crippen MR) is 127 cm³/mol. The van der Waals surface area contributed by atoms with Crippen molar-refractivity contribution >= 4 is 34.8 Å². The van der Waals surface area contributed by atoms with Crippen molar-refractivity contribution in [3.8, 4) is 22.8 Å². The minimum absolute atomic E-state index is 0.0308. The number of nitrogens with one attached hydrogen (secondary N) is 1. The number of ether oxygens (including phenoxy) is 1. The van der Waals surface area contributed by atoms with Crippen molar-refractivity contribution in [3.05, 3.63) is 88.2 Å². The third-order valence-corrected chi connectivity index (χ3v) is 5.48. The molecule has 8 heteroatoms. The highest BCUT2D eigenvalue weighted by Gasteiger charge is 2.20. The first-order valence-electron chi connectivity index (χ1n) is 9.99. The van der Waals surface area contributed by atoms with Crippen molar-refractivity contribution in [2.45, 2.75) is 13.8 Å². The van der Waals surface area contributed by atoms with Gasteiger partial charge in [-0.15, -0.1) is 5.10 Å². The van der Waals surface area contributed by atoms with E-state index in [2.05, 4.69) is 15.4 Å². The van der Waals surface area contributed by atoms with Gasteiger partial charge >= 0.3 is 0 Å². The number of aromatic nitrogens is 3. The van der Waals surface area contributed by atoms with Crippen molar-refractivity contribution in [3.63, 3.8) is 0 Å². The monoisotopic (exact) mass is 466 g/mol. The largest absolute Gasteiger partial charge is 0.494 e. The Hall–Kier alpha value is -3.35. The molecule has 0 aliphatic rings. The highest BCUT2D eigenvalue weighted by molar-refractivity contribution is 6.31. The van der Waals surface area contributed by atoms with Crippen LogP contribution in [0, 0.1) is 6.92 Å². The van der Waals surface area contributed by atoms with Crippen LogP contribution in [0.25, 0.3) is 17.1 Å². The van der Waals surface area contributed by atoms with Gasteiger partial charge in [-0.3, -0.25) is 4.79 Å². The fraction of sp³-hybridized carbons (Fsp3) is 0.125. The van der Waals surface area contributed by atoms with E-state index in [0.717, 1.165) is 22.6 Å². The quantitative estimate of drug-likeness (QED) is 0.367. The van der Waals surface area contributed by atoms with E-state index in [0.29, 0.717) is 28.2 Å². The van der Waals surface area contributed by atoms with Gasteiger partial charge in [0.25, 0.3) is 5.91 Å². The van der Waals surface area contributed by atoms with Gasteiger partial charge in [-0.05, 0) is 80.1 Å². The van der Waals surface area contributed by atoms with Crippen LogP contribution in [-0.2, 0) is 0 Å². The first-order valence-corrected chi connectivity index (χ1v) is 10.7. The van der Waals surface area contributed by atoms with Crippen molar-refractivity contribution in [1.29, 1.82) is 0 Å². The van der Waals surface area contributed by atoms with Crippen molar-refractivity contribution in [1.82, 2.24) is 14.8 Å². The third-order valence-electron chi connectivity index (χ3n) is 4.82. The number of hydrogen-bond donors (Lipinski definition) is 1. The number of benzene rings is 3. The summed E-state index contributed by atoms with van der Waals surface area (Å²) in [4.78, 5) is 17.5. The van der Waals surface area contributed by atoms with Gasteiger partial charge in [0.1, 0.15) is 5.75 Å². The Labute approximate surface area is 195 Å². The Morgan fingerprint density at radius 2 is 1.75 bits per heavy atom. The molecule has 32 heavy (non-hydrogen) atoms. The van der Waals surface area contributed by atoms with Crippen LogP contribution in [0.4, 0.5) is 5.69 Å². The Morgan fingerprint density at radius 1 is 1.03 bits per heavy atom. The molecule has 0 radical (unpaired) electrons. The van der Waals surface area contributed by atoms with E-state index in [-0.39, 0.29) is 5.82 Å². The van der Waals surface area contributed by atoms with Gasteiger partial charge in [-0.1, -0.05) is 29.3 Å². The Balaban J connectivity index is 1.74. The Kier molecular flexibility index (Phi) is 6.44. The van der Waals surface area contributed by atoms with Gasteiger partial charge in [0.2, 0.25) is 5.82 Å². The number of anilines is 1. The van der Waals surface area contributed by atoms with Crippen LogP contribution in [0.15, 0.2) is 66.7 Å². The summed E-state index contributed by atoms with van der Waals surface area (Å²) in [6, 6.07) is 19.9. The Bertz CT molecular complexity index is 1250. The van der Waals surface area contributed by atoms with Crippen molar-refractivity contribution in [2.24, 2.45) is 0 Å². The van der Waals surface area contributed by atoms with Crippen LogP contribution in [0.3, 0.4) is 0 Å². The maximum atomic E-state index is 13.0. The fourth-order valence-electron chi connectivity index (χ4n) is 3.15. The van der Waals surface area contributed by atoms with Crippen LogP contribution < -0.4 is 10.1 Å². The minimum atomic E-state index is -0.435. The zero-order valence-corrected chi connectivity index (χ0v) is 19.0. The standard InChI is InChI=1S/C24H20Cl2N4O2/c1-3-32-19-13-11-18(12-14-19)30-23(16-7-9-17(25)10-8-16)28-22(29-30)24(31)27-21-6-4-5-20(26)15(21)2/h4-14H,3H2,1-2H3,(H,27,31). The average Bonchev–Trinajstić information content (AvgIpc) is 3.24. The zero-order valence-electron chi connectivity index (χ0n) is 17.5. The summed E-state index contributed by atoms with van der Waals surface area (Å²) in [6.07, 6.45) is 0. The summed E-state index contributed by atoms with van der Waals surface area (Å²) < 4.78 is 7.14. The minimum Gasteiger partial charge on any atom is -0.494 e. The van der Waals surface area contributed by atoms with E-state index >= 15 is 0 Å². The van der Waals surface area contributed by atoms with Crippen molar-refractivity contribution in [2.75, 3.05) is 11.9 Å². The number of halogens is 2. The highest BCUT2D eigenvalue weighted by Crippen LogP contribution is 2.26. The molecule has 3 aromatic carbocycles. The lowest BCUT2D eigenvalue weighted by molar-refractivity contribution is 0.101. The number of nitrogens with zero attached hydrogens (tertiary/aromatic N) is 3. The number of carbonyl (C=O) groups excluding carboxylic acids is 1. The zero-order chi connectivity index (χ0) is 22.7. The van der Waals surface area contributed by atoms with Crippen LogP contribution in [0.5, 0.6) is 5.75 Å². The third kappa shape index (κ3) is 4.61. The summed E-state index contributed by atoms with van der Waals surface area (Å²) in [6.45, 7) is 4.34. The molecule has 1 amide bonds. The number of carbonyl (C=O) groups is 1. The summed E-state index contributed by atoms with van der Waals surface area (Å²) in [7, 11) is 0. The second-order valence-corrected chi connectivity index (χ2v) is 7.81. The second-order valence-electron chi connectivity index (χ2n) is 6.97. The van der Waals surface area contributed by atoms with Crippen LogP contribution in [0.2, 0.25) is 10.0 Å². The average molecular weight is 467 g/mol. The molecular weight excluding hydrogens is 447 g/mol. The lowest BCUT2D eigenvalue weighted by atomic mass is 10.2. The molecule has 1 aromatic heterocycles.